The summed E-state index contributed by atoms with van der Waals surface area (Å²) < 4.78 is 2.24. The van der Waals surface area contributed by atoms with Crippen LogP contribution in [0.5, 0.6) is 0 Å². The summed E-state index contributed by atoms with van der Waals surface area (Å²) in [6, 6.07) is 18.5. The van der Waals surface area contributed by atoms with E-state index in [4.69, 9.17) is 33.8 Å². The highest BCUT2D eigenvalue weighted by Gasteiger charge is 2.42. The fraction of sp³-hybridized carbons (Fsp3) is 0.364. The number of rotatable bonds is 5. The number of nitrogens with one attached hydrogen (secondary N) is 1. The molecule has 2 fully saturated rings. The van der Waals surface area contributed by atoms with Crippen LogP contribution in [0.1, 0.15) is 60.6 Å². The normalized spacial score (nSPS) is 22.7. The van der Waals surface area contributed by atoms with Crippen LogP contribution in [-0.4, -0.2) is 32.7 Å². The van der Waals surface area contributed by atoms with Gasteiger partial charge in [0.1, 0.15) is 5.82 Å². The Hall–Kier alpha value is -3.42. The van der Waals surface area contributed by atoms with Crippen LogP contribution in [0.4, 0.5) is 11.4 Å². The maximum Gasteiger partial charge on any atom is 0.174 e. The first-order valence-electron chi connectivity index (χ1n) is 14.4. The van der Waals surface area contributed by atoms with E-state index >= 15 is 0 Å². The summed E-state index contributed by atoms with van der Waals surface area (Å²) in [4.78, 5) is 14.1. The summed E-state index contributed by atoms with van der Waals surface area (Å²) in [7, 11) is 0. The van der Waals surface area contributed by atoms with Crippen molar-refractivity contribution in [1.82, 2.24) is 19.9 Å². The van der Waals surface area contributed by atoms with E-state index < -0.39 is 0 Å². The Morgan fingerprint density at radius 3 is 2.37 bits per heavy atom. The molecule has 4 atom stereocenters. The van der Waals surface area contributed by atoms with Crippen LogP contribution in [0, 0.1) is 32.6 Å². The molecule has 0 aliphatic carbocycles. The lowest BCUT2D eigenvalue weighted by Gasteiger charge is -2.37. The zero-order valence-corrected chi connectivity index (χ0v) is 25.9. The highest BCUT2D eigenvalue weighted by Crippen LogP contribution is 2.45. The Bertz CT molecular complexity index is 1570. The lowest BCUT2D eigenvalue weighted by molar-refractivity contribution is 0.357. The van der Waals surface area contributed by atoms with Crippen molar-refractivity contribution < 1.29 is 0 Å². The first-order valence-corrected chi connectivity index (χ1v) is 15.2. The van der Waals surface area contributed by atoms with Gasteiger partial charge in [0.25, 0.3) is 0 Å². The van der Waals surface area contributed by atoms with Gasteiger partial charge in [-0.25, -0.2) is 4.98 Å². The molecule has 6 nitrogen and oxygen atoms in total. The lowest BCUT2D eigenvalue weighted by atomic mass is 9.91. The maximum atomic E-state index is 7.03. The monoisotopic (exact) mass is 584 g/mol. The number of hydrogen-bond acceptors (Lipinski definition) is 4. The van der Waals surface area contributed by atoms with Gasteiger partial charge in [-0.05, 0) is 105 Å². The van der Waals surface area contributed by atoms with Crippen molar-refractivity contribution in [1.29, 1.82) is 0 Å². The van der Waals surface area contributed by atoms with Crippen molar-refractivity contribution in [3.8, 4) is 5.82 Å². The van der Waals surface area contributed by atoms with Gasteiger partial charge in [-0.3, -0.25) is 4.98 Å². The summed E-state index contributed by atoms with van der Waals surface area (Å²) in [5, 5.41) is 5.01. The van der Waals surface area contributed by atoms with E-state index in [-0.39, 0.29) is 12.1 Å². The molecule has 0 spiro atoms. The minimum absolute atomic E-state index is 0.127. The topological polar surface area (TPSA) is 49.2 Å². The summed E-state index contributed by atoms with van der Waals surface area (Å²) in [5.41, 5.74) is 7.56. The number of hydrogen-bond donors (Lipinski definition) is 1. The number of aryl methyl sites for hydroxylation is 2. The second kappa shape index (κ2) is 11.1. The number of nitrogens with zero attached hydrogens (tertiary/aromatic N) is 5. The molecule has 0 unspecified atom stereocenters. The highest BCUT2D eigenvalue weighted by atomic mass is 35.5. The van der Waals surface area contributed by atoms with Gasteiger partial charge < -0.3 is 19.7 Å². The number of anilines is 2. The van der Waals surface area contributed by atoms with E-state index in [2.05, 4.69) is 90.7 Å². The second-order valence-electron chi connectivity index (χ2n) is 11.8. The van der Waals surface area contributed by atoms with Gasteiger partial charge in [0.2, 0.25) is 0 Å². The SMILES string of the molecule is Cc1cccnc1-n1c(C)cc([C@H]2[C@@H](c3ccccn3)NC(=S)N2c2ccc(N3C[C@H](C)C[C@H](C)C3)c(Cl)c2)c1C. The van der Waals surface area contributed by atoms with E-state index in [1.807, 2.05) is 30.6 Å². The highest BCUT2D eigenvalue weighted by molar-refractivity contribution is 7.80. The number of halogens is 1. The van der Waals surface area contributed by atoms with Gasteiger partial charge in [-0.15, -0.1) is 0 Å². The van der Waals surface area contributed by atoms with Crippen molar-refractivity contribution >= 4 is 40.3 Å². The van der Waals surface area contributed by atoms with Crippen LogP contribution in [-0.2, 0) is 0 Å². The first kappa shape index (κ1) is 27.7. The number of piperidine rings is 1. The van der Waals surface area contributed by atoms with Crippen molar-refractivity contribution in [3.05, 3.63) is 100 Å². The molecule has 8 heteroatoms. The van der Waals surface area contributed by atoms with Crippen LogP contribution in [0.3, 0.4) is 0 Å². The third-order valence-corrected chi connectivity index (χ3v) is 9.12. The van der Waals surface area contributed by atoms with Crippen LogP contribution in [0.2, 0.25) is 5.02 Å². The molecule has 3 aromatic heterocycles. The zero-order chi connectivity index (χ0) is 28.8. The van der Waals surface area contributed by atoms with Crippen molar-refractivity contribution in [2.75, 3.05) is 22.9 Å². The average molecular weight is 585 g/mol. The third kappa shape index (κ3) is 5.10. The largest absolute Gasteiger partial charge is 0.370 e. The molecule has 1 aromatic carbocycles. The first-order chi connectivity index (χ1) is 19.7. The molecular weight excluding hydrogens is 548 g/mol. The molecule has 2 saturated heterocycles. The third-order valence-electron chi connectivity index (χ3n) is 8.50. The molecule has 2 aliphatic heterocycles. The van der Waals surface area contributed by atoms with Crippen LogP contribution in [0.15, 0.2) is 67.0 Å². The Balaban J connectivity index is 1.45. The molecule has 212 valence electrons. The molecule has 0 radical (unpaired) electrons. The van der Waals surface area contributed by atoms with Gasteiger partial charge in [-0.2, -0.15) is 0 Å². The number of aromatic nitrogens is 3. The van der Waals surface area contributed by atoms with Crippen LogP contribution in [0.25, 0.3) is 5.82 Å². The fourth-order valence-electron chi connectivity index (χ4n) is 6.84. The fourth-order valence-corrected chi connectivity index (χ4v) is 7.48. The molecule has 5 heterocycles. The van der Waals surface area contributed by atoms with Crippen molar-refractivity contribution in [3.63, 3.8) is 0 Å². The quantitative estimate of drug-likeness (QED) is 0.245. The predicted molar refractivity (Wildman–Crippen MR) is 172 cm³/mol. The molecule has 41 heavy (non-hydrogen) atoms. The Kier molecular flexibility index (Phi) is 7.51. The van der Waals surface area contributed by atoms with Crippen LogP contribution >= 0.6 is 23.8 Å². The standard InChI is InChI=1S/C33H37ClN6S/c1-20-15-21(2)19-38(18-20)29-12-11-25(17-27(29)34)40-31(30(37-33(40)41)28-10-6-7-13-35-28)26-16-23(4)39(24(26)5)32-22(3)9-8-14-36-32/h6-14,16-17,20-21,30-31H,15,18-19H2,1-5H3,(H,37,41)/t20-,21+,30-,31+/m1/s1. The molecule has 4 aromatic rings. The molecular formula is C33H37ClN6S. The van der Waals surface area contributed by atoms with Crippen molar-refractivity contribution in [2.24, 2.45) is 11.8 Å². The van der Waals surface area contributed by atoms with E-state index in [0.29, 0.717) is 16.9 Å². The average Bonchev–Trinajstić information content (AvgIpc) is 3.43. The number of pyridine rings is 2. The van der Waals surface area contributed by atoms with Gasteiger partial charge in [-0.1, -0.05) is 37.6 Å². The zero-order valence-electron chi connectivity index (χ0n) is 24.3. The maximum absolute atomic E-state index is 7.03. The van der Waals surface area contributed by atoms with Gasteiger partial charge in [0, 0.05) is 42.6 Å². The van der Waals surface area contributed by atoms with Gasteiger partial charge >= 0.3 is 0 Å². The minimum Gasteiger partial charge on any atom is -0.370 e. The molecule has 0 amide bonds. The van der Waals surface area contributed by atoms with E-state index in [1.54, 1.807) is 0 Å². The lowest BCUT2D eigenvalue weighted by Crippen LogP contribution is -2.38. The van der Waals surface area contributed by atoms with Gasteiger partial charge in [0.05, 0.1) is 28.5 Å². The number of benzene rings is 1. The summed E-state index contributed by atoms with van der Waals surface area (Å²) in [6.45, 7) is 13.1. The summed E-state index contributed by atoms with van der Waals surface area (Å²) in [6.07, 6.45) is 4.95. The summed E-state index contributed by atoms with van der Waals surface area (Å²) >= 11 is 13.1. The molecule has 0 saturated carbocycles. The Morgan fingerprint density at radius 2 is 1.68 bits per heavy atom. The summed E-state index contributed by atoms with van der Waals surface area (Å²) in [5.74, 6) is 2.23. The molecule has 2 aliphatic rings. The van der Waals surface area contributed by atoms with Gasteiger partial charge in [0.15, 0.2) is 5.11 Å². The molecule has 6 rings (SSSR count). The second-order valence-corrected chi connectivity index (χ2v) is 12.6. The van der Waals surface area contributed by atoms with E-state index in [9.17, 15) is 0 Å². The predicted octanol–water partition coefficient (Wildman–Crippen LogP) is 7.51. The van der Waals surface area contributed by atoms with Crippen LogP contribution < -0.4 is 15.1 Å². The minimum atomic E-state index is -0.135. The smallest absolute Gasteiger partial charge is 0.174 e. The Morgan fingerprint density at radius 1 is 0.927 bits per heavy atom. The number of thiocarbonyl (C=S) groups is 1. The van der Waals surface area contributed by atoms with E-state index in [1.165, 1.54) is 12.0 Å². The Labute approximate surface area is 253 Å². The molecule has 1 N–H and O–H groups in total. The molecule has 0 bridgehead atoms. The van der Waals surface area contributed by atoms with E-state index in [0.717, 1.165) is 58.0 Å². The van der Waals surface area contributed by atoms with Crippen molar-refractivity contribution in [2.45, 2.75) is 53.1 Å².